The van der Waals surface area contributed by atoms with Crippen molar-refractivity contribution in [2.24, 2.45) is 0 Å². The van der Waals surface area contributed by atoms with Crippen molar-refractivity contribution < 1.29 is 27.8 Å². The van der Waals surface area contributed by atoms with Gasteiger partial charge in [-0.2, -0.15) is 8.78 Å². The summed E-state index contributed by atoms with van der Waals surface area (Å²) in [6.07, 6.45) is 0.556. The Morgan fingerprint density at radius 1 is 1.04 bits per heavy atom. The van der Waals surface area contributed by atoms with Crippen LogP contribution >= 0.6 is 0 Å². The molecular weight excluding hydrogens is 342 g/mol. The molecule has 0 radical (unpaired) electrons. The van der Waals surface area contributed by atoms with Crippen LogP contribution in [0.4, 0.5) is 8.78 Å². The molecule has 0 saturated heterocycles. The molecule has 2 rings (SSSR count). The molecule has 0 N–H and O–H groups in total. The number of hydrogen-bond acceptors (Lipinski definition) is 4. The SMILES string of the molecule is COCCC#Cc1cccc(C(=O)C(=O)c2ccc(OC(F)F)cc2)c1. The summed E-state index contributed by atoms with van der Waals surface area (Å²) < 4.78 is 33.4. The maximum absolute atomic E-state index is 12.4. The molecule has 0 heterocycles. The predicted octanol–water partition coefficient (Wildman–Crippen LogP) is 3.74. The molecule has 0 aliphatic carbocycles. The lowest BCUT2D eigenvalue weighted by atomic mass is 10.00. The molecule has 134 valence electrons. The van der Waals surface area contributed by atoms with E-state index in [-0.39, 0.29) is 16.9 Å². The third-order valence-electron chi connectivity index (χ3n) is 3.34. The van der Waals surface area contributed by atoms with Crippen LogP contribution < -0.4 is 4.74 Å². The Kier molecular flexibility index (Phi) is 7.01. The second-order valence-corrected chi connectivity index (χ2v) is 5.19. The topological polar surface area (TPSA) is 52.6 Å². The third kappa shape index (κ3) is 5.50. The number of carbonyl (C=O) groups is 2. The zero-order chi connectivity index (χ0) is 18.9. The van der Waals surface area contributed by atoms with Crippen molar-refractivity contribution in [2.45, 2.75) is 13.0 Å². The van der Waals surface area contributed by atoms with E-state index in [0.29, 0.717) is 18.6 Å². The fourth-order valence-corrected chi connectivity index (χ4v) is 2.11. The van der Waals surface area contributed by atoms with E-state index in [4.69, 9.17) is 4.74 Å². The average molecular weight is 358 g/mol. The fraction of sp³-hybridized carbons (Fsp3) is 0.200. The largest absolute Gasteiger partial charge is 0.435 e. The number of alkyl halides is 2. The zero-order valence-corrected chi connectivity index (χ0v) is 14.0. The molecule has 0 fully saturated rings. The molecule has 6 heteroatoms. The first-order valence-corrected chi connectivity index (χ1v) is 7.73. The van der Waals surface area contributed by atoms with Gasteiger partial charge >= 0.3 is 6.61 Å². The molecule has 0 bridgehead atoms. The summed E-state index contributed by atoms with van der Waals surface area (Å²) in [5.41, 5.74) is 0.912. The van der Waals surface area contributed by atoms with Gasteiger partial charge in [0.1, 0.15) is 5.75 Å². The minimum Gasteiger partial charge on any atom is -0.435 e. The van der Waals surface area contributed by atoms with E-state index in [2.05, 4.69) is 16.6 Å². The lowest BCUT2D eigenvalue weighted by Gasteiger charge is -2.05. The van der Waals surface area contributed by atoms with Crippen LogP contribution in [0.2, 0.25) is 0 Å². The normalized spacial score (nSPS) is 10.2. The highest BCUT2D eigenvalue weighted by atomic mass is 19.3. The standard InChI is InChI=1S/C20H16F2O4/c1-25-12-3-2-5-14-6-4-7-16(13-14)19(24)18(23)15-8-10-17(11-9-15)26-20(21)22/h4,6-11,13,20H,3,12H2,1H3. The molecule has 4 nitrogen and oxygen atoms in total. The molecule has 0 atom stereocenters. The smallest absolute Gasteiger partial charge is 0.387 e. The van der Waals surface area contributed by atoms with Gasteiger partial charge in [0.25, 0.3) is 0 Å². The molecule has 0 amide bonds. The van der Waals surface area contributed by atoms with Gasteiger partial charge in [-0.15, -0.1) is 0 Å². The lowest BCUT2D eigenvalue weighted by Crippen LogP contribution is -2.14. The molecule has 0 aromatic heterocycles. The number of hydrogen-bond donors (Lipinski definition) is 0. The highest BCUT2D eigenvalue weighted by Crippen LogP contribution is 2.17. The summed E-state index contributed by atoms with van der Waals surface area (Å²) in [5.74, 6) is 4.28. The van der Waals surface area contributed by atoms with Crippen LogP contribution in [0.15, 0.2) is 48.5 Å². The number of methoxy groups -OCH3 is 1. The first-order valence-electron chi connectivity index (χ1n) is 7.73. The van der Waals surface area contributed by atoms with Gasteiger partial charge < -0.3 is 9.47 Å². The van der Waals surface area contributed by atoms with Gasteiger partial charge in [0.05, 0.1) is 6.61 Å². The van der Waals surface area contributed by atoms with Crippen molar-refractivity contribution in [2.75, 3.05) is 13.7 Å². The Morgan fingerprint density at radius 2 is 1.73 bits per heavy atom. The van der Waals surface area contributed by atoms with Gasteiger partial charge in [0.15, 0.2) is 0 Å². The average Bonchev–Trinajstić information content (AvgIpc) is 2.64. The van der Waals surface area contributed by atoms with Gasteiger partial charge in [0, 0.05) is 30.2 Å². The van der Waals surface area contributed by atoms with E-state index in [1.165, 1.54) is 36.4 Å². The molecule has 0 unspecified atom stereocenters. The minimum atomic E-state index is -2.95. The van der Waals surface area contributed by atoms with Gasteiger partial charge in [0.2, 0.25) is 11.6 Å². The van der Waals surface area contributed by atoms with Crippen molar-refractivity contribution in [3.63, 3.8) is 0 Å². The van der Waals surface area contributed by atoms with Gasteiger partial charge in [-0.25, -0.2) is 0 Å². The Balaban J connectivity index is 2.12. The highest BCUT2D eigenvalue weighted by molar-refractivity contribution is 6.49. The Labute approximate surface area is 149 Å². The second-order valence-electron chi connectivity index (χ2n) is 5.19. The van der Waals surface area contributed by atoms with Gasteiger partial charge in [-0.3, -0.25) is 9.59 Å². The number of ketones is 2. The monoisotopic (exact) mass is 358 g/mol. The molecule has 2 aromatic carbocycles. The van der Waals surface area contributed by atoms with Crippen LogP contribution in [-0.2, 0) is 4.74 Å². The molecular formula is C20H16F2O4. The number of benzene rings is 2. The lowest BCUT2D eigenvalue weighted by molar-refractivity contribution is -0.0498. The number of Topliss-reactive ketones (excluding diaryl/α,β-unsaturated/α-hetero) is 2. The minimum absolute atomic E-state index is 0.0858. The van der Waals surface area contributed by atoms with Crippen LogP contribution in [0, 0.1) is 11.8 Å². The van der Waals surface area contributed by atoms with Crippen LogP contribution in [0.25, 0.3) is 0 Å². The van der Waals surface area contributed by atoms with Crippen LogP contribution in [0.5, 0.6) is 5.75 Å². The number of halogens is 2. The summed E-state index contributed by atoms with van der Waals surface area (Å²) in [4.78, 5) is 24.7. The van der Waals surface area contributed by atoms with Crippen molar-refractivity contribution in [3.8, 4) is 17.6 Å². The first-order chi connectivity index (χ1) is 12.5. The molecule has 0 spiro atoms. The van der Waals surface area contributed by atoms with Crippen molar-refractivity contribution in [1.82, 2.24) is 0 Å². The van der Waals surface area contributed by atoms with Crippen molar-refractivity contribution in [3.05, 3.63) is 65.2 Å². The highest BCUT2D eigenvalue weighted by Gasteiger charge is 2.18. The fourth-order valence-electron chi connectivity index (χ4n) is 2.11. The summed E-state index contributed by atoms with van der Waals surface area (Å²) in [6, 6.07) is 11.4. The molecule has 0 aliphatic rings. The van der Waals surface area contributed by atoms with E-state index in [0.717, 1.165) is 0 Å². The van der Waals surface area contributed by atoms with E-state index in [1.807, 2.05) is 0 Å². The van der Waals surface area contributed by atoms with Crippen LogP contribution in [0.1, 0.15) is 32.7 Å². The maximum Gasteiger partial charge on any atom is 0.387 e. The van der Waals surface area contributed by atoms with Crippen LogP contribution in [-0.4, -0.2) is 31.9 Å². The predicted molar refractivity (Wildman–Crippen MR) is 91.5 cm³/mol. The Hall–Kier alpha value is -3.04. The maximum atomic E-state index is 12.4. The first kappa shape index (κ1) is 19.3. The Morgan fingerprint density at radius 3 is 2.38 bits per heavy atom. The summed E-state index contributed by atoms with van der Waals surface area (Å²) in [7, 11) is 1.58. The zero-order valence-electron chi connectivity index (χ0n) is 14.0. The summed E-state index contributed by atoms with van der Waals surface area (Å²) >= 11 is 0. The van der Waals surface area contributed by atoms with E-state index in [9.17, 15) is 18.4 Å². The number of carbonyl (C=O) groups excluding carboxylic acids is 2. The van der Waals surface area contributed by atoms with E-state index >= 15 is 0 Å². The van der Waals surface area contributed by atoms with E-state index < -0.39 is 18.2 Å². The van der Waals surface area contributed by atoms with E-state index in [1.54, 1.807) is 19.2 Å². The second kappa shape index (κ2) is 9.44. The summed E-state index contributed by atoms with van der Waals surface area (Å²) in [5, 5.41) is 0. The van der Waals surface area contributed by atoms with Gasteiger partial charge in [-0.1, -0.05) is 24.0 Å². The number of rotatable bonds is 7. The quantitative estimate of drug-likeness (QED) is 0.327. The van der Waals surface area contributed by atoms with Gasteiger partial charge in [-0.05, 0) is 36.4 Å². The van der Waals surface area contributed by atoms with Crippen LogP contribution in [0.3, 0.4) is 0 Å². The summed E-state index contributed by atoms with van der Waals surface area (Å²) in [6.45, 7) is -2.44. The van der Waals surface area contributed by atoms with Crippen molar-refractivity contribution in [1.29, 1.82) is 0 Å². The van der Waals surface area contributed by atoms with Crippen molar-refractivity contribution >= 4 is 11.6 Å². The molecule has 0 saturated carbocycles. The molecule has 2 aromatic rings. The molecule has 26 heavy (non-hydrogen) atoms. The third-order valence-corrected chi connectivity index (χ3v) is 3.34. The Bertz CT molecular complexity index is 833. The number of ether oxygens (including phenoxy) is 2. The molecule has 0 aliphatic heterocycles.